The van der Waals surface area contributed by atoms with Crippen LogP contribution in [0.3, 0.4) is 0 Å². The van der Waals surface area contributed by atoms with Gasteiger partial charge in [0.1, 0.15) is 0 Å². The molecule has 0 unspecified atom stereocenters. The molecule has 0 spiro atoms. The Labute approximate surface area is 210 Å². The number of piperazine rings is 1. The monoisotopic (exact) mass is 469 g/mol. The van der Waals surface area contributed by atoms with E-state index in [0.717, 1.165) is 31.8 Å². The fourth-order valence-electron chi connectivity index (χ4n) is 6.89. The van der Waals surface area contributed by atoms with Gasteiger partial charge in [0.15, 0.2) is 0 Å². The van der Waals surface area contributed by atoms with Crippen LogP contribution >= 0.6 is 0 Å². The summed E-state index contributed by atoms with van der Waals surface area (Å²) in [6.07, 6.45) is 10.9. The minimum Gasteiger partial charge on any atom is -0.381 e. The van der Waals surface area contributed by atoms with Gasteiger partial charge in [-0.15, -0.1) is 0 Å². The SMILES string of the molecule is CCC1(CC)CCC(c2cc(N3CCC(OC)CC3)ccc2N2CCN(CC(C)C)CC2)CC1. The molecule has 0 aromatic heterocycles. The molecule has 2 saturated heterocycles. The molecule has 2 aliphatic heterocycles. The fraction of sp³-hybridized carbons (Fsp3) is 0.800. The average molecular weight is 470 g/mol. The minimum absolute atomic E-state index is 0.437. The third-order valence-corrected chi connectivity index (χ3v) is 9.47. The number of benzene rings is 1. The molecule has 3 aliphatic rings. The van der Waals surface area contributed by atoms with Gasteiger partial charge in [0.05, 0.1) is 6.10 Å². The van der Waals surface area contributed by atoms with Gasteiger partial charge in [-0.05, 0) is 79.5 Å². The largest absolute Gasteiger partial charge is 0.381 e. The van der Waals surface area contributed by atoms with E-state index in [0.29, 0.717) is 17.4 Å². The summed E-state index contributed by atoms with van der Waals surface area (Å²) in [5.74, 6) is 1.47. The smallest absolute Gasteiger partial charge is 0.0605 e. The summed E-state index contributed by atoms with van der Waals surface area (Å²) in [4.78, 5) is 7.97. The van der Waals surface area contributed by atoms with E-state index in [9.17, 15) is 0 Å². The van der Waals surface area contributed by atoms with E-state index in [4.69, 9.17) is 4.74 Å². The molecule has 2 heterocycles. The molecule has 192 valence electrons. The zero-order chi connectivity index (χ0) is 24.1. The zero-order valence-electron chi connectivity index (χ0n) is 22.8. The number of hydrogen-bond acceptors (Lipinski definition) is 4. The van der Waals surface area contributed by atoms with Gasteiger partial charge in [-0.2, -0.15) is 0 Å². The highest BCUT2D eigenvalue weighted by Gasteiger charge is 2.34. The van der Waals surface area contributed by atoms with Crippen LogP contribution in [-0.2, 0) is 4.74 Å². The molecule has 0 radical (unpaired) electrons. The second-order valence-electron chi connectivity index (χ2n) is 11.8. The lowest BCUT2D eigenvalue weighted by molar-refractivity contribution is 0.0819. The predicted octanol–water partition coefficient (Wildman–Crippen LogP) is 6.54. The quantitative estimate of drug-likeness (QED) is 0.430. The van der Waals surface area contributed by atoms with E-state index >= 15 is 0 Å². The molecule has 4 rings (SSSR count). The van der Waals surface area contributed by atoms with E-state index in [-0.39, 0.29) is 0 Å². The number of hydrogen-bond donors (Lipinski definition) is 0. The molecule has 3 fully saturated rings. The van der Waals surface area contributed by atoms with Gasteiger partial charge >= 0.3 is 0 Å². The molecular weight excluding hydrogens is 418 g/mol. The molecular formula is C30H51N3O. The Hall–Kier alpha value is -1.26. The van der Waals surface area contributed by atoms with Gasteiger partial charge in [-0.3, -0.25) is 4.90 Å². The van der Waals surface area contributed by atoms with Gasteiger partial charge in [0.25, 0.3) is 0 Å². The second kappa shape index (κ2) is 11.6. The normalized spacial score (nSPS) is 23.1. The van der Waals surface area contributed by atoms with Crippen LogP contribution in [0, 0.1) is 11.3 Å². The van der Waals surface area contributed by atoms with Crippen LogP contribution in [0.25, 0.3) is 0 Å². The summed E-state index contributed by atoms with van der Waals surface area (Å²) in [5, 5.41) is 0. The summed E-state index contributed by atoms with van der Waals surface area (Å²) in [7, 11) is 1.86. The first-order chi connectivity index (χ1) is 16.5. The number of methoxy groups -OCH3 is 1. The molecule has 0 atom stereocenters. The second-order valence-corrected chi connectivity index (χ2v) is 11.8. The average Bonchev–Trinajstić information content (AvgIpc) is 2.88. The summed E-state index contributed by atoms with van der Waals surface area (Å²) in [6, 6.07) is 7.49. The van der Waals surface area contributed by atoms with Gasteiger partial charge < -0.3 is 14.5 Å². The van der Waals surface area contributed by atoms with E-state index < -0.39 is 0 Å². The van der Waals surface area contributed by atoms with Gasteiger partial charge in [0, 0.05) is 64.3 Å². The highest BCUT2D eigenvalue weighted by molar-refractivity contribution is 5.63. The maximum Gasteiger partial charge on any atom is 0.0605 e. The molecule has 1 aromatic rings. The Bertz CT molecular complexity index is 748. The maximum absolute atomic E-state index is 5.63. The van der Waals surface area contributed by atoms with E-state index in [2.05, 4.69) is 60.6 Å². The topological polar surface area (TPSA) is 19.0 Å². The highest BCUT2D eigenvalue weighted by atomic mass is 16.5. The molecule has 34 heavy (non-hydrogen) atoms. The Morgan fingerprint density at radius 1 is 0.882 bits per heavy atom. The van der Waals surface area contributed by atoms with Crippen molar-refractivity contribution in [3.63, 3.8) is 0 Å². The first-order valence-corrected chi connectivity index (χ1v) is 14.4. The Kier molecular flexibility index (Phi) is 8.85. The first kappa shape index (κ1) is 25.8. The minimum atomic E-state index is 0.437. The van der Waals surface area contributed by atoms with Crippen LogP contribution in [0.15, 0.2) is 18.2 Å². The van der Waals surface area contributed by atoms with Crippen LogP contribution in [0.2, 0.25) is 0 Å². The standard InChI is InChI=1S/C30H51N3O/c1-6-30(7-2)14-10-25(11-15-30)28-22-26(32-16-12-27(34-5)13-17-32)8-9-29(28)33-20-18-31(19-21-33)23-24(3)4/h8-9,22,24-25,27H,6-7,10-21,23H2,1-5H3. The lowest BCUT2D eigenvalue weighted by Crippen LogP contribution is -2.47. The van der Waals surface area contributed by atoms with Crippen molar-refractivity contribution in [3.8, 4) is 0 Å². The van der Waals surface area contributed by atoms with Crippen molar-refractivity contribution >= 4 is 11.4 Å². The van der Waals surface area contributed by atoms with Gasteiger partial charge in [0.2, 0.25) is 0 Å². The van der Waals surface area contributed by atoms with E-state index in [1.54, 1.807) is 5.56 Å². The number of piperidine rings is 1. The lowest BCUT2D eigenvalue weighted by Gasteiger charge is -2.42. The number of ether oxygens (including phenoxy) is 1. The van der Waals surface area contributed by atoms with Gasteiger partial charge in [-0.25, -0.2) is 0 Å². The maximum atomic E-state index is 5.63. The first-order valence-electron chi connectivity index (χ1n) is 14.4. The third kappa shape index (κ3) is 5.93. The van der Waals surface area contributed by atoms with Crippen LogP contribution in [-0.4, -0.2) is 63.9 Å². The number of rotatable bonds is 8. The van der Waals surface area contributed by atoms with Crippen molar-refractivity contribution in [1.82, 2.24) is 4.90 Å². The summed E-state index contributed by atoms with van der Waals surface area (Å²) >= 11 is 0. The Balaban J connectivity index is 1.53. The van der Waals surface area contributed by atoms with Crippen LogP contribution in [0.5, 0.6) is 0 Å². The summed E-state index contributed by atoms with van der Waals surface area (Å²) < 4.78 is 5.63. The molecule has 4 heteroatoms. The van der Waals surface area contributed by atoms with Crippen molar-refractivity contribution in [2.45, 2.75) is 91.1 Å². The highest BCUT2D eigenvalue weighted by Crippen LogP contribution is 2.49. The predicted molar refractivity (Wildman–Crippen MR) is 146 cm³/mol. The van der Waals surface area contributed by atoms with Crippen LogP contribution in [0.4, 0.5) is 11.4 Å². The molecule has 0 bridgehead atoms. The third-order valence-electron chi connectivity index (χ3n) is 9.47. The van der Waals surface area contributed by atoms with Gasteiger partial charge in [-0.1, -0.05) is 40.5 Å². The molecule has 1 saturated carbocycles. The summed E-state index contributed by atoms with van der Waals surface area (Å²) in [5.41, 5.74) is 5.21. The number of nitrogens with zero attached hydrogens (tertiary/aromatic N) is 3. The van der Waals surface area contributed by atoms with Crippen molar-refractivity contribution in [1.29, 1.82) is 0 Å². The molecule has 0 amide bonds. The Morgan fingerprint density at radius 3 is 2.09 bits per heavy atom. The van der Waals surface area contributed by atoms with Crippen LogP contribution < -0.4 is 9.80 Å². The van der Waals surface area contributed by atoms with Crippen molar-refractivity contribution in [2.75, 3.05) is 62.7 Å². The van der Waals surface area contributed by atoms with Crippen molar-refractivity contribution in [3.05, 3.63) is 23.8 Å². The van der Waals surface area contributed by atoms with E-state index in [1.165, 1.54) is 82.6 Å². The molecule has 4 nitrogen and oxygen atoms in total. The molecule has 1 aromatic carbocycles. The molecule has 1 aliphatic carbocycles. The summed E-state index contributed by atoms with van der Waals surface area (Å²) in [6.45, 7) is 17.7. The van der Waals surface area contributed by atoms with E-state index in [1.807, 2.05) is 7.11 Å². The van der Waals surface area contributed by atoms with Crippen molar-refractivity contribution in [2.24, 2.45) is 11.3 Å². The fourth-order valence-corrected chi connectivity index (χ4v) is 6.89. The van der Waals surface area contributed by atoms with Crippen molar-refractivity contribution < 1.29 is 4.74 Å². The Morgan fingerprint density at radius 2 is 1.53 bits per heavy atom. The zero-order valence-corrected chi connectivity index (χ0v) is 22.8. The number of anilines is 2. The molecule has 0 N–H and O–H groups in total. The van der Waals surface area contributed by atoms with Crippen LogP contribution in [0.1, 0.15) is 90.5 Å². The lowest BCUT2D eigenvalue weighted by atomic mass is 9.66.